The van der Waals surface area contributed by atoms with Gasteiger partial charge in [-0.1, -0.05) is 0 Å². The maximum Gasteiger partial charge on any atom is 0.203 e. The molecule has 0 amide bonds. The van der Waals surface area contributed by atoms with E-state index in [0.717, 1.165) is 18.2 Å². The Morgan fingerprint density at radius 3 is 2.88 bits per heavy atom. The van der Waals surface area contributed by atoms with Crippen molar-refractivity contribution in [2.24, 2.45) is 0 Å². The van der Waals surface area contributed by atoms with Crippen molar-refractivity contribution < 1.29 is 0 Å². The molecule has 2 aromatic heterocycles. The van der Waals surface area contributed by atoms with Crippen LogP contribution in [0.5, 0.6) is 0 Å². The van der Waals surface area contributed by atoms with Crippen LogP contribution in [0.1, 0.15) is 28.3 Å². The molecule has 3 rings (SSSR count). The minimum Gasteiger partial charge on any atom is -0.353 e. The molecule has 1 aliphatic rings. The summed E-state index contributed by atoms with van der Waals surface area (Å²) in [7, 11) is 0. The quantitative estimate of drug-likeness (QED) is 0.899. The lowest BCUT2D eigenvalue weighted by Gasteiger charge is -2.07. The van der Waals surface area contributed by atoms with Crippen molar-refractivity contribution >= 4 is 17.3 Å². The molecule has 17 heavy (non-hydrogen) atoms. The highest BCUT2D eigenvalue weighted by Crippen LogP contribution is 2.25. The number of nitrogens with zero attached hydrogens (tertiary/aromatic N) is 2. The van der Waals surface area contributed by atoms with Crippen LogP contribution in [0.2, 0.25) is 0 Å². The van der Waals surface area contributed by atoms with E-state index in [9.17, 15) is 0 Å². The highest BCUT2D eigenvalue weighted by Gasteiger charge is 2.23. The topological polar surface area (TPSA) is 29.9 Å². The van der Waals surface area contributed by atoms with Crippen LogP contribution >= 0.6 is 11.3 Å². The van der Waals surface area contributed by atoms with Crippen molar-refractivity contribution in [3.63, 3.8) is 0 Å². The van der Waals surface area contributed by atoms with Gasteiger partial charge in [-0.2, -0.15) is 0 Å². The predicted octanol–water partition coefficient (Wildman–Crippen LogP) is 3.18. The zero-order valence-corrected chi connectivity index (χ0v) is 11.0. The SMILES string of the molecule is Cc1cn(Cc2ccc(C)s2)c(NC2CC2)n1. The summed E-state index contributed by atoms with van der Waals surface area (Å²) in [6, 6.07) is 5.04. The van der Waals surface area contributed by atoms with Crippen LogP contribution < -0.4 is 5.32 Å². The van der Waals surface area contributed by atoms with Crippen LogP contribution in [0.4, 0.5) is 5.95 Å². The lowest BCUT2D eigenvalue weighted by atomic mass is 10.4. The first-order valence-corrected chi connectivity index (χ1v) is 6.88. The third-order valence-corrected chi connectivity index (χ3v) is 3.92. The Hall–Kier alpha value is -1.29. The lowest BCUT2D eigenvalue weighted by molar-refractivity contribution is 0.808. The molecule has 0 radical (unpaired) electrons. The van der Waals surface area contributed by atoms with Gasteiger partial charge in [-0.25, -0.2) is 4.98 Å². The van der Waals surface area contributed by atoms with Gasteiger partial charge in [0.05, 0.1) is 12.2 Å². The molecule has 1 aliphatic carbocycles. The Kier molecular flexibility index (Phi) is 2.67. The third-order valence-electron chi connectivity index (χ3n) is 2.93. The second-order valence-corrected chi connectivity index (χ2v) is 6.14. The second kappa shape index (κ2) is 4.18. The smallest absolute Gasteiger partial charge is 0.203 e. The molecular weight excluding hydrogens is 230 g/mol. The Morgan fingerprint density at radius 1 is 1.41 bits per heavy atom. The van der Waals surface area contributed by atoms with Gasteiger partial charge < -0.3 is 9.88 Å². The number of aromatic nitrogens is 2. The summed E-state index contributed by atoms with van der Waals surface area (Å²) in [5.41, 5.74) is 1.08. The monoisotopic (exact) mass is 247 g/mol. The Labute approximate surface area is 106 Å². The standard InChI is InChI=1S/C13H17N3S/c1-9-7-16(8-12-6-3-10(2)17-12)13(14-9)15-11-4-5-11/h3,6-7,11H,4-5,8H2,1-2H3,(H,14,15). The van der Waals surface area contributed by atoms with Gasteiger partial charge in [-0.3, -0.25) is 0 Å². The van der Waals surface area contributed by atoms with Crippen molar-refractivity contribution in [3.05, 3.63) is 33.8 Å². The van der Waals surface area contributed by atoms with Crippen molar-refractivity contribution in [1.82, 2.24) is 9.55 Å². The Balaban J connectivity index is 1.80. The lowest BCUT2D eigenvalue weighted by Crippen LogP contribution is -2.09. The molecule has 0 spiro atoms. The van der Waals surface area contributed by atoms with Crippen LogP contribution in [0, 0.1) is 13.8 Å². The number of anilines is 1. The fourth-order valence-corrected chi connectivity index (χ4v) is 2.82. The van der Waals surface area contributed by atoms with Crippen LogP contribution in [0.25, 0.3) is 0 Å². The van der Waals surface area contributed by atoms with Crippen LogP contribution in [-0.4, -0.2) is 15.6 Å². The molecule has 0 saturated heterocycles. The van der Waals surface area contributed by atoms with Crippen LogP contribution in [0.15, 0.2) is 18.3 Å². The maximum absolute atomic E-state index is 4.55. The molecule has 90 valence electrons. The molecule has 0 bridgehead atoms. The number of hydrogen-bond donors (Lipinski definition) is 1. The summed E-state index contributed by atoms with van der Waals surface area (Å²) in [6.07, 6.45) is 4.69. The van der Waals surface area contributed by atoms with E-state index >= 15 is 0 Å². The van der Waals surface area contributed by atoms with Crippen molar-refractivity contribution in [1.29, 1.82) is 0 Å². The molecule has 2 heterocycles. The van der Waals surface area contributed by atoms with Crippen molar-refractivity contribution in [3.8, 4) is 0 Å². The molecule has 3 nitrogen and oxygen atoms in total. The van der Waals surface area contributed by atoms with E-state index < -0.39 is 0 Å². The summed E-state index contributed by atoms with van der Waals surface area (Å²) >= 11 is 1.86. The fourth-order valence-electron chi connectivity index (χ4n) is 1.93. The number of hydrogen-bond acceptors (Lipinski definition) is 3. The van der Waals surface area contributed by atoms with Gasteiger partial charge in [0.25, 0.3) is 0 Å². The third kappa shape index (κ3) is 2.52. The number of rotatable bonds is 4. The second-order valence-electron chi connectivity index (χ2n) is 4.76. The molecule has 0 unspecified atom stereocenters. The van der Waals surface area contributed by atoms with E-state index in [1.54, 1.807) is 0 Å². The minimum absolute atomic E-state index is 0.653. The first-order valence-electron chi connectivity index (χ1n) is 6.06. The normalized spacial score (nSPS) is 15.2. The molecule has 2 aromatic rings. The molecule has 1 fully saturated rings. The fraction of sp³-hybridized carbons (Fsp3) is 0.462. The van der Waals surface area contributed by atoms with E-state index in [0.29, 0.717) is 6.04 Å². The van der Waals surface area contributed by atoms with E-state index in [4.69, 9.17) is 0 Å². The molecule has 0 atom stereocenters. The zero-order valence-electron chi connectivity index (χ0n) is 10.2. The van der Waals surface area contributed by atoms with Gasteiger partial charge in [0.2, 0.25) is 5.95 Å². The predicted molar refractivity (Wildman–Crippen MR) is 71.8 cm³/mol. The number of imidazole rings is 1. The van der Waals surface area contributed by atoms with E-state index in [1.165, 1.54) is 22.6 Å². The molecule has 1 saturated carbocycles. The summed E-state index contributed by atoms with van der Waals surface area (Å²) in [5, 5.41) is 3.49. The Bertz CT molecular complexity index is 523. The van der Waals surface area contributed by atoms with Gasteiger partial charge in [0, 0.05) is 22.0 Å². The number of nitrogens with one attached hydrogen (secondary N) is 1. The molecule has 4 heteroatoms. The molecule has 0 aliphatic heterocycles. The minimum atomic E-state index is 0.653. The molecular formula is C13H17N3S. The van der Waals surface area contributed by atoms with Gasteiger partial charge in [0.1, 0.15) is 0 Å². The number of aryl methyl sites for hydroxylation is 2. The Morgan fingerprint density at radius 2 is 2.24 bits per heavy atom. The number of thiophene rings is 1. The first-order chi connectivity index (χ1) is 8.20. The average Bonchev–Trinajstić information content (AvgIpc) is 2.89. The van der Waals surface area contributed by atoms with Crippen LogP contribution in [-0.2, 0) is 6.54 Å². The summed E-state index contributed by atoms with van der Waals surface area (Å²) in [4.78, 5) is 7.31. The highest BCUT2D eigenvalue weighted by molar-refractivity contribution is 7.11. The van der Waals surface area contributed by atoms with Gasteiger partial charge in [-0.15, -0.1) is 11.3 Å². The average molecular weight is 247 g/mol. The van der Waals surface area contributed by atoms with E-state index in [-0.39, 0.29) is 0 Å². The largest absolute Gasteiger partial charge is 0.353 e. The van der Waals surface area contributed by atoms with E-state index in [2.05, 4.69) is 40.1 Å². The van der Waals surface area contributed by atoms with Crippen LogP contribution in [0.3, 0.4) is 0 Å². The summed E-state index contributed by atoms with van der Waals surface area (Å²) in [5.74, 6) is 1.02. The molecule has 0 aromatic carbocycles. The van der Waals surface area contributed by atoms with Gasteiger partial charge in [0.15, 0.2) is 0 Å². The van der Waals surface area contributed by atoms with Gasteiger partial charge in [-0.05, 0) is 38.8 Å². The van der Waals surface area contributed by atoms with E-state index in [1.807, 2.05) is 18.3 Å². The summed E-state index contributed by atoms with van der Waals surface area (Å²) < 4.78 is 2.22. The maximum atomic E-state index is 4.55. The molecule has 1 N–H and O–H groups in total. The summed E-state index contributed by atoms with van der Waals surface area (Å²) in [6.45, 7) is 5.12. The van der Waals surface area contributed by atoms with Gasteiger partial charge >= 0.3 is 0 Å². The van der Waals surface area contributed by atoms with Crippen molar-refractivity contribution in [2.75, 3.05) is 5.32 Å². The zero-order chi connectivity index (χ0) is 11.8. The van der Waals surface area contributed by atoms with Crippen molar-refractivity contribution in [2.45, 2.75) is 39.3 Å². The highest BCUT2D eigenvalue weighted by atomic mass is 32.1. The first kappa shape index (κ1) is 10.8.